The molecule has 2 aromatic carbocycles. The van der Waals surface area contributed by atoms with Gasteiger partial charge in [-0.1, -0.05) is 29.8 Å². The molecule has 1 atom stereocenters. The molecule has 4 rings (SSSR count). The maximum absolute atomic E-state index is 14.4. The van der Waals surface area contributed by atoms with Gasteiger partial charge in [0.15, 0.2) is 17.6 Å². The summed E-state index contributed by atoms with van der Waals surface area (Å²) in [7, 11) is 0. The van der Waals surface area contributed by atoms with Crippen molar-refractivity contribution in [1.82, 2.24) is 4.90 Å². The summed E-state index contributed by atoms with van der Waals surface area (Å²) in [6.07, 6.45) is 0.754. The number of carbonyl (C=O) groups is 1. The van der Waals surface area contributed by atoms with Crippen molar-refractivity contribution in [2.24, 2.45) is 0 Å². The van der Waals surface area contributed by atoms with Gasteiger partial charge in [0.1, 0.15) is 18.0 Å². The summed E-state index contributed by atoms with van der Waals surface area (Å²) in [5.74, 6) is 1.13. The van der Waals surface area contributed by atoms with Crippen LogP contribution in [0.2, 0.25) is 5.02 Å². The van der Waals surface area contributed by atoms with E-state index >= 15 is 0 Å². The Hall–Kier alpha value is -2.47. The standard InChI is InChI=1S/C24H27ClFNO4/c1-24(2,3)31-23(28)27-11-9-15(10-12-27)17-5-4-6-20-22(17)30-21(14-29-20)18-8-7-16(25)13-19(18)26/h4-8,13,15,21H,9-12,14H2,1-3H3/t21-/m1/s1. The lowest BCUT2D eigenvalue weighted by Crippen LogP contribution is -2.41. The van der Waals surface area contributed by atoms with E-state index in [-0.39, 0.29) is 18.6 Å². The maximum Gasteiger partial charge on any atom is 0.410 e. The van der Waals surface area contributed by atoms with Crippen molar-refractivity contribution in [3.8, 4) is 11.5 Å². The normalized spacial score (nSPS) is 19.3. The fraction of sp³-hybridized carbons (Fsp3) is 0.458. The van der Waals surface area contributed by atoms with E-state index in [1.807, 2.05) is 39.0 Å². The van der Waals surface area contributed by atoms with Crippen molar-refractivity contribution in [3.63, 3.8) is 0 Å². The molecule has 0 aliphatic carbocycles. The number of benzene rings is 2. The summed E-state index contributed by atoms with van der Waals surface area (Å²) in [4.78, 5) is 14.1. The Balaban J connectivity index is 1.49. The lowest BCUT2D eigenvalue weighted by atomic mass is 9.88. The van der Waals surface area contributed by atoms with Gasteiger partial charge in [-0.15, -0.1) is 0 Å². The largest absolute Gasteiger partial charge is 0.485 e. The third-order valence-corrected chi connectivity index (χ3v) is 5.79. The fourth-order valence-corrected chi connectivity index (χ4v) is 4.21. The van der Waals surface area contributed by atoms with Gasteiger partial charge in [-0.3, -0.25) is 0 Å². The zero-order valence-electron chi connectivity index (χ0n) is 18.0. The molecular formula is C24H27ClFNO4. The first-order chi connectivity index (χ1) is 14.7. The van der Waals surface area contributed by atoms with Gasteiger partial charge in [0.25, 0.3) is 0 Å². The van der Waals surface area contributed by atoms with Crippen LogP contribution in [0.4, 0.5) is 9.18 Å². The molecule has 2 aliphatic heterocycles. The Morgan fingerprint density at radius 2 is 1.90 bits per heavy atom. The number of halogens is 2. The van der Waals surface area contributed by atoms with Crippen molar-refractivity contribution in [2.45, 2.75) is 51.2 Å². The van der Waals surface area contributed by atoms with Crippen molar-refractivity contribution < 1.29 is 23.4 Å². The van der Waals surface area contributed by atoms with E-state index in [2.05, 4.69) is 0 Å². The second kappa shape index (κ2) is 8.58. The number of piperidine rings is 1. The van der Waals surface area contributed by atoms with E-state index < -0.39 is 17.5 Å². The average molecular weight is 448 g/mol. The molecule has 7 heteroatoms. The van der Waals surface area contributed by atoms with Gasteiger partial charge < -0.3 is 19.1 Å². The molecule has 1 fully saturated rings. The minimum Gasteiger partial charge on any atom is -0.485 e. The van der Waals surface area contributed by atoms with Crippen LogP contribution in [0, 0.1) is 5.82 Å². The zero-order chi connectivity index (χ0) is 22.2. The molecule has 0 bridgehead atoms. The SMILES string of the molecule is CC(C)(C)OC(=O)N1CCC(c2cccc3c2O[C@@H](c2ccc(Cl)cc2F)CO3)CC1. The quantitative estimate of drug-likeness (QED) is 0.557. The monoisotopic (exact) mass is 447 g/mol. The van der Waals surface area contributed by atoms with Gasteiger partial charge in [0.2, 0.25) is 0 Å². The molecule has 166 valence electrons. The van der Waals surface area contributed by atoms with Gasteiger partial charge in [-0.25, -0.2) is 9.18 Å². The molecule has 2 aromatic rings. The van der Waals surface area contributed by atoms with Gasteiger partial charge in [0.05, 0.1) is 0 Å². The molecule has 0 N–H and O–H groups in total. The van der Waals surface area contributed by atoms with Gasteiger partial charge in [-0.2, -0.15) is 0 Å². The first-order valence-corrected chi connectivity index (χ1v) is 10.9. The number of para-hydroxylation sites is 1. The summed E-state index contributed by atoms with van der Waals surface area (Å²) in [6.45, 7) is 7.05. The number of hydrogen-bond acceptors (Lipinski definition) is 4. The van der Waals surface area contributed by atoms with Crippen LogP contribution in [0.15, 0.2) is 36.4 Å². The summed E-state index contributed by atoms with van der Waals surface area (Å²) in [6, 6.07) is 10.4. The number of amides is 1. The lowest BCUT2D eigenvalue weighted by molar-refractivity contribution is 0.0203. The molecule has 2 heterocycles. The first-order valence-electron chi connectivity index (χ1n) is 10.6. The van der Waals surface area contributed by atoms with Crippen LogP contribution in [0.25, 0.3) is 0 Å². The number of likely N-dealkylation sites (tertiary alicyclic amines) is 1. The van der Waals surface area contributed by atoms with Gasteiger partial charge >= 0.3 is 6.09 Å². The van der Waals surface area contributed by atoms with Crippen molar-refractivity contribution in [3.05, 3.63) is 58.4 Å². The van der Waals surface area contributed by atoms with Crippen LogP contribution < -0.4 is 9.47 Å². The Kier molecular flexibility index (Phi) is 6.02. The zero-order valence-corrected chi connectivity index (χ0v) is 18.7. The van der Waals surface area contributed by atoms with E-state index in [1.165, 1.54) is 6.07 Å². The summed E-state index contributed by atoms with van der Waals surface area (Å²) < 4.78 is 32.1. The molecule has 5 nitrogen and oxygen atoms in total. The van der Waals surface area contributed by atoms with Crippen molar-refractivity contribution in [1.29, 1.82) is 0 Å². The summed E-state index contributed by atoms with van der Waals surface area (Å²) in [5.41, 5.74) is 0.939. The highest BCUT2D eigenvalue weighted by molar-refractivity contribution is 6.30. The topological polar surface area (TPSA) is 48.0 Å². The third-order valence-electron chi connectivity index (χ3n) is 5.56. The number of rotatable bonds is 2. The predicted octanol–water partition coefficient (Wildman–Crippen LogP) is 6.11. The van der Waals surface area contributed by atoms with E-state index in [4.69, 9.17) is 25.8 Å². The third kappa shape index (κ3) is 4.90. The smallest absolute Gasteiger partial charge is 0.410 e. The maximum atomic E-state index is 14.4. The highest BCUT2D eigenvalue weighted by Crippen LogP contribution is 2.44. The molecular weight excluding hydrogens is 421 g/mol. The molecule has 1 saturated heterocycles. The molecule has 0 spiro atoms. The average Bonchev–Trinajstić information content (AvgIpc) is 2.72. The molecule has 0 unspecified atom stereocenters. The van der Waals surface area contributed by atoms with Gasteiger partial charge in [0, 0.05) is 29.2 Å². The Labute approximate surface area is 187 Å². The molecule has 31 heavy (non-hydrogen) atoms. The number of fused-ring (bicyclic) bond motifs is 1. The highest BCUT2D eigenvalue weighted by Gasteiger charge is 2.32. The lowest BCUT2D eigenvalue weighted by Gasteiger charge is -2.35. The van der Waals surface area contributed by atoms with E-state index in [0.29, 0.717) is 35.2 Å². The fourth-order valence-electron chi connectivity index (χ4n) is 4.05. The number of hydrogen-bond donors (Lipinski definition) is 0. The molecule has 2 aliphatic rings. The Bertz CT molecular complexity index is 967. The molecule has 1 amide bonds. The van der Waals surface area contributed by atoms with Crippen LogP contribution in [-0.2, 0) is 4.74 Å². The predicted molar refractivity (Wildman–Crippen MR) is 116 cm³/mol. The number of carbonyl (C=O) groups excluding carboxylic acids is 1. The molecule has 0 saturated carbocycles. The van der Waals surface area contributed by atoms with E-state index in [9.17, 15) is 9.18 Å². The first kappa shape index (κ1) is 21.8. The van der Waals surface area contributed by atoms with Crippen LogP contribution in [0.1, 0.15) is 56.8 Å². The summed E-state index contributed by atoms with van der Waals surface area (Å²) in [5, 5.41) is 0.343. The minimum absolute atomic E-state index is 0.214. The van der Waals surface area contributed by atoms with Crippen molar-refractivity contribution >= 4 is 17.7 Å². The van der Waals surface area contributed by atoms with E-state index in [1.54, 1.807) is 17.0 Å². The van der Waals surface area contributed by atoms with Crippen LogP contribution in [-0.4, -0.2) is 36.3 Å². The Morgan fingerprint density at radius 1 is 1.16 bits per heavy atom. The number of ether oxygens (including phenoxy) is 3. The van der Waals surface area contributed by atoms with E-state index in [0.717, 1.165) is 18.4 Å². The summed E-state index contributed by atoms with van der Waals surface area (Å²) >= 11 is 5.88. The minimum atomic E-state index is -0.548. The number of nitrogens with zero attached hydrogens (tertiary/aromatic N) is 1. The van der Waals surface area contributed by atoms with Crippen molar-refractivity contribution in [2.75, 3.05) is 19.7 Å². The Morgan fingerprint density at radius 3 is 2.58 bits per heavy atom. The molecule has 0 radical (unpaired) electrons. The molecule has 0 aromatic heterocycles. The second-order valence-electron chi connectivity index (χ2n) is 9.00. The second-order valence-corrected chi connectivity index (χ2v) is 9.44. The van der Waals surface area contributed by atoms with Gasteiger partial charge in [-0.05, 0) is 57.7 Å². The van der Waals surface area contributed by atoms with Crippen LogP contribution in [0.3, 0.4) is 0 Å². The highest BCUT2D eigenvalue weighted by atomic mass is 35.5. The van der Waals surface area contributed by atoms with Crippen LogP contribution in [0.5, 0.6) is 11.5 Å². The van der Waals surface area contributed by atoms with Crippen LogP contribution >= 0.6 is 11.6 Å².